The summed E-state index contributed by atoms with van der Waals surface area (Å²) in [5, 5.41) is 6.32. The van der Waals surface area contributed by atoms with E-state index in [9.17, 15) is 4.79 Å². The fraction of sp³-hybridized carbons (Fsp3) is 0.500. The van der Waals surface area contributed by atoms with Crippen LogP contribution >= 0.6 is 15.9 Å². The average Bonchev–Trinajstić information content (AvgIpc) is 2.82. The van der Waals surface area contributed by atoms with E-state index in [1.165, 1.54) is 12.8 Å². The van der Waals surface area contributed by atoms with Crippen LogP contribution in [0.15, 0.2) is 22.9 Å². The molecule has 1 saturated heterocycles. The molecular formula is C12H16BrN3O. The Labute approximate surface area is 109 Å². The van der Waals surface area contributed by atoms with Gasteiger partial charge in [-0.3, -0.25) is 9.78 Å². The van der Waals surface area contributed by atoms with Gasteiger partial charge in [-0.2, -0.15) is 0 Å². The van der Waals surface area contributed by atoms with Crippen molar-refractivity contribution in [3.63, 3.8) is 0 Å². The molecule has 0 spiro atoms. The lowest BCUT2D eigenvalue weighted by atomic mass is 10.1. The maximum absolute atomic E-state index is 11.8. The number of amides is 1. The van der Waals surface area contributed by atoms with E-state index in [2.05, 4.69) is 31.5 Å². The fourth-order valence-corrected chi connectivity index (χ4v) is 2.37. The van der Waals surface area contributed by atoms with Gasteiger partial charge in [-0.25, -0.2) is 0 Å². The van der Waals surface area contributed by atoms with Crippen molar-refractivity contribution in [2.45, 2.75) is 25.3 Å². The fourth-order valence-electron chi connectivity index (χ4n) is 2.00. The van der Waals surface area contributed by atoms with Gasteiger partial charge < -0.3 is 10.6 Å². The molecule has 0 aliphatic carbocycles. The van der Waals surface area contributed by atoms with Crippen molar-refractivity contribution in [1.82, 2.24) is 15.6 Å². The molecule has 2 rings (SSSR count). The van der Waals surface area contributed by atoms with Crippen LogP contribution in [0.1, 0.15) is 29.6 Å². The van der Waals surface area contributed by atoms with Crippen LogP contribution in [0, 0.1) is 0 Å². The molecule has 1 fully saturated rings. The Morgan fingerprint density at radius 3 is 3.18 bits per heavy atom. The van der Waals surface area contributed by atoms with Gasteiger partial charge in [0.2, 0.25) is 0 Å². The van der Waals surface area contributed by atoms with Crippen LogP contribution in [0.25, 0.3) is 0 Å². The maximum Gasteiger partial charge on any atom is 0.252 e. The molecule has 0 unspecified atom stereocenters. The number of carbonyl (C=O) groups excluding carboxylic acids is 1. The lowest BCUT2D eigenvalue weighted by Gasteiger charge is -2.10. The van der Waals surface area contributed by atoms with Crippen LogP contribution in [-0.4, -0.2) is 30.0 Å². The summed E-state index contributed by atoms with van der Waals surface area (Å²) in [6, 6.07) is 2.34. The van der Waals surface area contributed by atoms with Gasteiger partial charge in [0.05, 0.1) is 5.56 Å². The second kappa shape index (κ2) is 6.12. The Bertz CT molecular complexity index is 391. The summed E-state index contributed by atoms with van der Waals surface area (Å²) >= 11 is 3.30. The summed E-state index contributed by atoms with van der Waals surface area (Å²) in [5.74, 6) is -0.0585. The number of nitrogens with zero attached hydrogens (tertiary/aromatic N) is 1. The van der Waals surface area contributed by atoms with E-state index in [0.29, 0.717) is 18.2 Å². The Balaban J connectivity index is 1.77. The number of carbonyl (C=O) groups is 1. The molecule has 0 bridgehead atoms. The highest BCUT2D eigenvalue weighted by atomic mass is 79.9. The minimum absolute atomic E-state index is 0.0585. The van der Waals surface area contributed by atoms with Gasteiger partial charge in [0.15, 0.2) is 0 Å². The first-order valence-corrected chi connectivity index (χ1v) is 6.67. The van der Waals surface area contributed by atoms with Gasteiger partial charge in [0.1, 0.15) is 0 Å². The predicted molar refractivity (Wildman–Crippen MR) is 69.9 cm³/mol. The van der Waals surface area contributed by atoms with Gasteiger partial charge >= 0.3 is 0 Å². The van der Waals surface area contributed by atoms with Crippen LogP contribution < -0.4 is 10.6 Å². The van der Waals surface area contributed by atoms with Gasteiger partial charge in [-0.15, -0.1) is 0 Å². The SMILES string of the molecule is O=C(NCC[C@H]1CCCN1)c1cncc(Br)c1. The first kappa shape index (κ1) is 12.5. The second-order valence-electron chi connectivity index (χ2n) is 4.23. The molecule has 92 valence electrons. The predicted octanol–water partition coefficient (Wildman–Crippen LogP) is 1.72. The number of aromatic nitrogens is 1. The first-order valence-electron chi connectivity index (χ1n) is 5.88. The van der Waals surface area contributed by atoms with Crippen molar-refractivity contribution in [3.8, 4) is 0 Å². The molecule has 2 N–H and O–H groups in total. The molecule has 2 heterocycles. The van der Waals surface area contributed by atoms with E-state index in [4.69, 9.17) is 0 Å². The minimum Gasteiger partial charge on any atom is -0.352 e. The van der Waals surface area contributed by atoms with E-state index in [0.717, 1.165) is 17.4 Å². The molecule has 1 amide bonds. The Morgan fingerprint density at radius 2 is 2.47 bits per heavy atom. The number of nitrogens with one attached hydrogen (secondary N) is 2. The topological polar surface area (TPSA) is 54.0 Å². The molecule has 1 aromatic heterocycles. The smallest absolute Gasteiger partial charge is 0.252 e. The number of halogens is 1. The third-order valence-electron chi connectivity index (χ3n) is 2.91. The summed E-state index contributed by atoms with van der Waals surface area (Å²) < 4.78 is 0.822. The molecule has 0 radical (unpaired) electrons. The highest BCUT2D eigenvalue weighted by Crippen LogP contribution is 2.10. The molecule has 5 heteroatoms. The minimum atomic E-state index is -0.0585. The van der Waals surface area contributed by atoms with E-state index < -0.39 is 0 Å². The number of rotatable bonds is 4. The molecule has 4 nitrogen and oxygen atoms in total. The maximum atomic E-state index is 11.8. The Morgan fingerprint density at radius 1 is 1.59 bits per heavy atom. The Kier molecular flexibility index (Phi) is 4.50. The average molecular weight is 298 g/mol. The molecule has 0 aromatic carbocycles. The summed E-state index contributed by atoms with van der Waals surface area (Å²) in [6.07, 6.45) is 6.70. The molecule has 1 aliphatic rings. The quantitative estimate of drug-likeness (QED) is 0.890. The van der Waals surface area contributed by atoms with Crippen molar-refractivity contribution in [2.75, 3.05) is 13.1 Å². The number of hydrogen-bond donors (Lipinski definition) is 2. The molecular weight excluding hydrogens is 282 g/mol. The van der Waals surface area contributed by atoms with Gasteiger partial charge in [0.25, 0.3) is 5.91 Å². The summed E-state index contributed by atoms with van der Waals surface area (Å²) in [6.45, 7) is 1.82. The highest BCUT2D eigenvalue weighted by molar-refractivity contribution is 9.10. The largest absolute Gasteiger partial charge is 0.352 e. The lowest BCUT2D eigenvalue weighted by Crippen LogP contribution is -2.30. The zero-order valence-electron chi connectivity index (χ0n) is 9.58. The van der Waals surface area contributed by atoms with Crippen LogP contribution in [0.3, 0.4) is 0 Å². The van der Waals surface area contributed by atoms with Gasteiger partial charge in [-0.05, 0) is 47.8 Å². The van der Waals surface area contributed by atoms with Crippen molar-refractivity contribution in [2.24, 2.45) is 0 Å². The van der Waals surface area contributed by atoms with Crippen molar-refractivity contribution < 1.29 is 4.79 Å². The monoisotopic (exact) mass is 297 g/mol. The van der Waals surface area contributed by atoms with Crippen LogP contribution in [0.4, 0.5) is 0 Å². The number of hydrogen-bond acceptors (Lipinski definition) is 3. The van der Waals surface area contributed by atoms with Crippen molar-refractivity contribution in [3.05, 3.63) is 28.5 Å². The normalized spacial score (nSPS) is 19.2. The van der Waals surface area contributed by atoms with E-state index in [1.807, 2.05) is 0 Å². The Hall–Kier alpha value is -0.940. The third kappa shape index (κ3) is 3.78. The van der Waals surface area contributed by atoms with Gasteiger partial charge in [-0.1, -0.05) is 0 Å². The molecule has 1 aromatic rings. The zero-order chi connectivity index (χ0) is 12.1. The summed E-state index contributed by atoms with van der Waals surface area (Å²) in [5.41, 5.74) is 0.596. The summed E-state index contributed by atoms with van der Waals surface area (Å²) in [4.78, 5) is 15.7. The molecule has 0 saturated carbocycles. The van der Waals surface area contributed by atoms with Gasteiger partial charge in [0, 0.05) is 29.5 Å². The molecule has 1 aliphatic heterocycles. The van der Waals surface area contributed by atoms with Crippen LogP contribution in [0.2, 0.25) is 0 Å². The van der Waals surface area contributed by atoms with Crippen molar-refractivity contribution in [1.29, 1.82) is 0 Å². The lowest BCUT2D eigenvalue weighted by molar-refractivity contribution is 0.0952. The zero-order valence-corrected chi connectivity index (χ0v) is 11.2. The number of pyridine rings is 1. The van der Waals surface area contributed by atoms with E-state index in [-0.39, 0.29) is 5.91 Å². The standard InChI is InChI=1S/C12H16BrN3O/c13-10-6-9(7-14-8-10)12(17)16-5-3-11-2-1-4-15-11/h6-8,11,15H,1-5H2,(H,16,17)/t11-/m1/s1. The van der Waals surface area contributed by atoms with Crippen LogP contribution in [-0.2, 0) is 0 Å². The van der Waals surface area contributed by atoms with Crippen molar-refractivity contribution >= 4 is 21.8 Å². The van der Waals surface area contributed by atoms with Crippen LogP contribution in [0.5, 0.6) is 0 Å². The first-order chi connectivity index (χ1) is 8.25. The summed E-state index contributed by atoms with van der Waals surface area (Å²) in [7, 11) is 0. The molecule has 17 heavy (non-hydrogen) atoms. The van der Waals surface area contributed by atoms with E-state index in [1.54, 1.807) is 18.5 Å². The van der Waals surface area contributed by atoms with E-state index >= 15 is 0 Å². The third-order valence-corrected chi connectivity index (χ3v) is 3.34. The second-order valence-corrected chi connectivity index (χ2v) is 5.15. The molecule has 1 atom stereocenters. The highest BCUT2D eigenvalue weighted by Gasteiger charge is 2.14.